The molecule has 5 nitrogen and oxygen atoms in total. The van der Waals surface area contributed by atoms with Crippen molar-refractivity contribution in [1.82, 2.24) is 4.90 Å². The van der Waals surface area contributed by atoms with Gasteiger partial charge in [0.05, 0.1) is 10.0 Å². The lowest BCUT2D eigenvalue weighted by Gasteiger charge is -2.39. The van der Waals surface area contributed by atoms with Gasteiger partial charge in [0.25, 0.3) is 5.91 Å². The Balaban J connectivity index is 1.63. The Kier molecular flexibility index (Phi) is 6.47. The summed E-state index contributed by atoms with van der Waals surface area (Å²) in [7, 11) is 0. The number of amides is 3. The first-order valence-electron chi connectivity index (χ1n) is 9.31. The molecule has 1 aliphatic rings. The lowest BCUT2D eigenvalue weighted by atomic mass is 9.96. The predicted octanol–water partition coefficient (Wildman–Crippen LogP) is 6.04. The highest BCUT2D eigenvalue weighted by Crippen LogP contribution is 2.26. The van der Waals surface area contributed by atoms with Gasteiger partial charge in [0.15, 0.2) is 0 Å². The van der Waals surface area contributed by atoms with E-state index in [4.69, 9.17) is 23.2 Å². The van der Waals surface area contributed by atoms with Crippen LogP contribution in [0.3, 0.4) is 0 Å². The zero-order valence-electron chi connectivity index (χ0n) is 15.8. The molecule has 1 heterocycles. The second kappa shape index (κ2) is 8.84. The Hall–Kier alpha value is -2.24. The summed E-state index contributed by atoms with van der Waals surface area (Å²) < 4.78 is 0. The van der Waals surface area contributed by atoms with Gasteiger partial charge >= 0.3 is 6.03 Å². The van der Waals surface area contributed by atoms with Crippen molar-refractivity contribution >= 4 is 46.5 Å². The number of rotatable bonds is 3. The zero-order valence-corrected chi connectivity index (χ0v) is 17.3. The Morgan fingerprint density at radius 1 is 0.893 bits per heavy atom. The Morgan fingerprint density at radius 2 is 1.46 bits per heavy atom. The molecule has 0 aliphatic carbocycles. The summed E-state index contributed by atoms with van der Waals surface area (Å²) in [5.74, 6) is 0.0338. The molecule has 0 saturated carbocycles. The zero-order chi connectivity index (χ0) is 20.3. The smallest absolute Gasteiger partial charge is 0.323 e. The van der Waals surface area contributed by atoms with Gasteiger partial charge in [-0.2, -0.15) is 0 Å². The first-order chi connectivity index (χ1) is 13.3. The maximum absolute atomic E-state index is 12.9. The number of hydrogen-bond acceptors (Lipinski definition) is 2. The van der Waals surface area contributed by atoms with Crippen LogP contribution in [-0.4, -0.2) is 28.9 Å². The van der Waals surface area contributed by atoms with Crippen molar-refractivity contribution < 1.29 is 9.59 Å². The maximum Gasteiger partial charge on any atom is 0.323 e. The van der Waals surface area contributed by atoms with Crippen LogP contribution in [0.15, 0.2) is 42.5 Å². The summed E-state index contributed by atoms with van der Waals surface area (Å²) >= 11 is 11.8. The fourth-order valence-corrected chi connectivity index (χ4v) is 3.83. The summed E-state index contributed by atoms with van der Waals surface area (Å²) in [4.78, 5) is 27.0. The van der Waals surface area contributed by atoms with Crippen LogP contribution in [0.2, 0.25) is 10.0 Å². The highest BCUT2D eigenvalue weighted by Gasteiger charge is 2.29. The summed E-state index contributed by atoms with van der Waals surface area (Å²) in [5.41, 5.74) is 1.75. The van der Waals surface area contributed by atoms with Crippen LogP contribution in [0.1, 0.15) is 43.5 Å². The predicted molar refractivity (Wildman–Crippen MR) is 114 cm³/mol. The molecular formula is C21H23Cl2N3O2. The number of urea groups is 1. The van der Waals surface area contributed by atoms with Gasteiger partial charge in [-0.15, -0.1) is 0 Å². The third-order valence-electron chi connectivity index (χ3n) is 5.00. The second-order valence-corrected chi connectivity index (χ2v) is 7.94. The Morgan fingerprint density at radius 3 is 2.07 bits per heavy atom. The van der Waals surface area contributed by atoms with Gasteiger partial charge in [-0.1, -0.05) is 23.2 Å². The molecule has 1 saturated heterocycles. The van der Waals surface area contributed by atoms with Crippen molar-refractivity contribution in [3.05, 3.63) is 58.1 Å². The first-order valence-corrected chi connectivity index (χ1v) is 10.1. The van der Waals surface area contributed by atoms with E-state index in [0.717, 1.165) is 19.3 Å². The molecule has 2 aromatic rings. The van der Waals surface area contributed by atoms with Crippen molar-refractivity contribution in [2.45, 2.75) is 45.2 Å². The molecule has 1 aliphatic heterocycles. The first kappa shape index (κ1) is 20.5. The lowest BCUT2D eigenvalue weighted by Crippen LogP contribution is -2.47. The molecule has 3 amide bonds. The molecule has 2 atom stereocenters. The number of likely N-dealkylation sites (tertiary alicyclic amines) is 1. The number of carbonyl (C=O) groups excluding carboxylic acids is 2. The molecule has 1 fully saturated rings. The van der Waals surface area contributed by atoms with Crippen LogP contribution in [0, 0.1) is 0 Å². The normalized spacial score (nSPS) is 19.2. The number of nitrogens with one attached hydrogen (secondary N) is 2. The van der Waals surface area contributed by atoms with Crippen molar-refractivity contribution in [2.24, 2.45) is 0 Å². The number of benzene rings is 2. The van der Waals surface area contributed by atoms with Crippen LogP contribution in [0.5, 0.6) is 0 Å². The third-order valence-corrected chi connectivity index (χ3v) is 5.73. The van der Waals surface area contributed by atoms with Crippen LogP contribution < -0.4 is 10.6 Å². The van der Waals surface area contributed by atoms with Crippen molar-refractivity contribution in [1.29, 1.82) is 0 Å². The van der Waals surface area contributed by atoms with Gasteiger partial charge in [-0.3, -0.25) is 4.79 Å². The molecule has 0 bridgehead atoms. The average Bonchev–Trinajstić information content (AvgIpc) is 2.65. The van der Waals surface area contributed by atoms with E-state index in [1.165, 1.54) is 0 Å². The Bertz CT molecular complexity index is 860. The van der Waals surface area contributed by atoms with Crippen LogP contribution in [0.25, 0.3) is 0 Å². The topological polar surface area (TPSA) is 61.4 Å². The van der Waals surface area contributed by atoms with Gasteiger partial charge in [0, 0.05) is 29.0 Å². The monoisotopic (exact) mass is 419 g/mol. The van der Waals surface area contributed by atoms with Gasteiger partial charge in [0.2, 0.25) is 0 Å². The number of hydrogen-bond donors (Lipinski definition) is 2. The largest absolute Gasteiger partial charge is 0.333 e. The molecule has 0 radical (unpaired) electrons. The number of halogens is 2. The molecule has 0 aromatic heterocycles. The van der Waals surface area contributed by atoms with Crippen molar-refractivity contribution in [3.63, 3.8) is 0 Å². The minimum Gasteiger partial charge on any atom is -0.333 e. The third kappa shape index (κ3) is 4.78. The minimum atomic E-state index is -0.407. The van der Waals surface area contributed by atoms with Gasteiger partial charge < -0.3 is 15.5 Å². The van der Waals surface area contributed by atoms with E-state index < -0.39 is 6.03 Å². The highest BCUT2D eigenvalue weighted by molar-refractivity contribution is 6.42. The summed E-state index contributed by atoms with van der Waals surface area (Å²) in [6.45, 7) is 4.19. The number of nitrogens with zero attached hydrogens (tertiary/aromatic N) is 1. The van der Waals surface area contributed by atoms with E-state index in [0.29, 0.717) is 27.0 Å². The van der Waals surface area contributed by atoms with Crippen LogP contribution in [-0.2, 0) is 0 Å². The molecule has 2 N–H and O–H groups in total. The van der Waals surface area contributed by atoms with E-state index in [-0.39, 0.29) is 18.0 Å². The molecule has 2 aromatic carbocycles. The van der Waals surface area contributed by atoms with E-state index in [1.54, 1.807) is 42.5 Å². The number of carbonyl (C=O) groups is 2. The number of anilines is 2. The van der Waals surface area contributed by atoms with Gasteiger partial charge in [-0.05, 0) is 75.6 Å². The SMILES string of the molecule is C[C@H]1CCC[C@H](C)N1C(=O)c1ccc(NC(=O)Nc2ccc(Cl)c(Cl)c2)cc1. The van der Waals surface area contributed by atoms with Gasteiger partial charge in [0.1, 0.15) is 0 Å². The summed E-state index contributed by atoms with van der Waals surface area (Å²) in [6.07, 6.45) is 3.22. The summed E-state index contributed by atoms with van der Waals surface area (Å²) in [6, 6.07) is 11.9. The lowest BCUT2D eigenvalue weighted by molar-refractivity contribution is 0.0511. The molecular weight excluding hydrogens is 397 g/mol. The molecule has 28 heavy (non-hydrogen) atoms. The molecule has 0 spiro atoms. The van der Waals surface area contributed by atoms with E-state index in [9.17, 15) is 9.59 Å². The van der Waals surface area contributed by atoms with E-state index >= 15 is 0 Å². The highest BCUT2D eigenvalue weighted by atomic mass is 35.5. The van der Waals surface area contributed by atoms with E-state index in [1.807, 2.05) is 4.90 Å². The molecule has 148 valence electrons. The quantitative estimate of drug-likeness (QED) is 0.636. The van der Waals surface area contributed by atoms with Crippen LogP contribution >= 0.6 is 23.2 Å². The molecule has 0 unspecified atom stereocenters. The average molecular weight is 420 g/mol. The minimum absolute atomic E-state index is 0.0338. The summed E-state index contributed by atoms with van der Waals surface area (Å²) in [5, 5.41) is 6.21. The Labute approximate surface area is 175 Å². The molecule has 7 heteroatoms. The maximum atomic E-state index is 12.9. The fraction of sp³-hybridized carbons (Fsp3) is 0.333. The second-order valence-electron chi connectivity index (χ2n) is 7.13. The van der Waals surface area contributed by atoms with Crippen molar-refractivity contribution in [3.8, 4) is 0 Å². The standard InChI is InChI=1S/C21H23Cl2N3O2/c1-13-4-3-5-14(2)26(13)20(27)15-6-8-16(9-7-15)24-21(28)25-17-10-11-18(22)19(23)12-17/h6-14H,3-5H2,1-2H3,(H2,24,25,28)/t13-,14-/m0/s1. The van der Waals surface area contributed by atoms with Gasteiger partial charge in [-0.25, -0.2) is 4.79 Å². The fourth-order valence-electron chi connectivity index (χ4n) is 3.53. The van der Waals surface area contributed by atoms with Crippen LogP contribution in [0.4, 0.5) is 16.2 Å². The van der Waals surface area contributed by atoms with E-state index in [2.05, 4.69) is 24.5 Å². The molecule has 3 rings (SSSR count). The van der Waals surface area contributed by atoms with Crippen molar-refractivity contribution in [2.75, 3.05) is 10.6 Å². The number of piperidine rings is 1.